The maximum Gasteiger partial charge on any atom is 0.302 e. The van der Waals surface area contributed by atoms with Gasteiger partial charge >= 0.3 is 11.9 Å². The molecule has 0 aromatic rings. The number of alkyl halides is 2. The van der Waals surface area contributed by atoms with Crippen LogP contribution < -0.4 is 0 Å². The maximum absolute atomic E-state index is 11.2. The van der Waals surface area contributed by atoms with Gasteiger partial charge in [-0.1, -0.05) is 61.4 Å². The highest BCUT2D eigenvalue weighted by Gasteiger charge is 2.67. The molecule has 0 radical (unpaired) electrons. The fraction of sp³-hybridized carbons (Fsp3) is 0.565. The number of carbonyl (C=O) groups is 2. The molecule has 2 aliphatic rings. The van der Waals surface area contributed by atoms with Gasteiger partial charge in [0.25, 0.3) is 0 Å². The van der Waals surface area contributed by atoms with E-state index in [1.807, 2.05) is 13.8 Å². The van der Waals surface area contributed by atoms with E-state index >= 15 is 0 Å². The normalized spacial score (nSPS) is 29.3. The predicted octanol–water partition coefficient (Wildman–Crippen LogP) is 5.25. The van der Waals surface area contributed by atoms with Gasteiger partial charge in [-0.05, 0) is 12.2 Å². The first kappa shape index (κ1) is 28.2. The molecule has 4 unspecified atom stereocenters. The van der Waals surface area contributed by atoms with E-state index in [0.29, 0.717) is 10.1 Å². The molecule has 2 aliphatic carbocycles. The largest absolute Gasteiger partial charge is 0.463 e. The molecule has 2 rings (SSSR count). The van der Waals surface area contributed by atoms with Crippen molar-refractivity contribution < 1.29 is 28.5 Å². The van der Waals surface area contributed by atoms with Crippen LogP contribution in [0.5, 0.6) is 0 Å². The van der Waals surface area contributed by atoms with Crippen LogP contribution in [0.4, 0.5) is 0 Å². The molecule has 0 spiro atoms. The molecule has 4 atom stereocenters. The molecule has 33 heavy (non-hydrogen) atoms. The summed E-state index contributed by atoms with van der Waals surface area (Å²) in [5.41, 5.74) is -3.82. The lowest BCUT2D eigenvalue weighted by Crippen LogP contribution is -2.68. The zero-order valence-corrected chi connectivity index (χ0v) is 21.9. The van der Waals surface area contributed by atoms with E-state index in [1.165, 1.54) is 13.8 Å². The van der Waals surface area contributed by atoms with Gasteiger partial charge in [0.2, 0.25) is 0 Å². The van der Waals surface area contributed by atoms with Gasteiger partial charge in [0, 0.05) is 19.3 Å². The molecule has 0 saturated carbocycles. The number of esters is 2. The Hall–Kier alpha value is -1.02. The average Bonchev–Trinajstić information content (AvgIpc) is 2.71. The molecule has 6 nitrogen and oxygen atoms in total. The van der Waals surface area contributed by atoms with Crippen LogP contribution in [-0.4, -0.2) is 60.3 Å². The molecule has 0 bridgehead atoms. The molecule has 0 N–H and O–H groups in total. The summed E-state index contributed by atoms with van der Waals surface area (Å²) in [6, 6.07) is 0. The van der Waals surface area contributed by atoms with Crippen LogP contribution >= 0.6 is 46.4 Å². The van der Waals surface area contributed by atoms with Crippen LogP contribution in [0, 0.1) is 5.41 Å². The lowest BCUT2D eigenvalue weighted by Gasteiger charge is -2.59. The van der Waals surface area contributed by atoms with Gasteiger partial charge in [-0.2, -0.15) is 0 Å². The van der Waals surface area contributed by atoms with Gasteiger partial charge in [0.1, 0.15) is 24.4 Å². The smallest absolute Gasteiger partial charge is 0.302 e. The van der Waals surface area contributed by atoms with Crippen LogP contribution in [-0.2, 0) is 28.5 Å². The highest BCUT2D eigenvalue weighted by molar-refractivity contribution is 6.34. The van der Waals surface area contributed by atoms with Crippen molar-refractivity contribution in [3.8, 4) is 0 Å². The Morgan fingerprint density at radius 2 is 1.18 bits per heavy atom. The lowest BCUT2D eigenvalue weighted by atomic mass is 9.59. The van der Waals surface area contributed by atoms with E-state index in [-0.39, 0.29) is 26.4 Å². The quantitative estimate of drug-likeness (QED) is 0.214. The van der Waals surface area contributed by atoms with Gasteiger partial charge in [0.15, 0.2) is 0 Å². The van der Waals surface area contributed by atoms with E-state index < -0.39 is 39.3 Å². The summed E-state index contributed by atoms with van der Waals surface area (Å²) in [6.07, 6.45) is 10.3. The van der Waals surface area contributed by atoms with Crippen molar-refractivity contribution in [3.05, 3.63) is 46.5 Å². The number of halogens is 4. The zero-order valence-electron chi connectivity index (χ0n) is 18.9. The van der Waals surface area contributed by atoms with Gasteiger partial charge in [0.05, 0.1) is 34.0 Å². The third-order valence-electron chi connectivity index (χ3n) is 5.83. The predicted molar refractivity (Wildman–Crippen MR) is 130 cm³/mol. The summed E-state index contributed by atoms with van der Waals surface area (Å²) in [6.45, 7) is 6.33. The monoisotopic (exact) mass is 540 g/mol. The van der Waals surface area contributed by atoms with Crippen LogP contribution in [0.2, 0.25) is 0 Å². The van der Waals surface area contributed by atoms with Crippen LogP contribution in [0.3, 0.4) is 0 Å². The lowest BCUT2D eigenvalue weighted by molar-refractivity contribution is -0.193. The molecule has 0 fully saturated rings. The van der Waals surface area contributed by atoms with Crippen molar-refractivity contribution >= 4 is 58.3 Å². The minimum atomic E-state index is -1.36. The van der Waals surface area contributed by atoms with Crippen molar-refractivity contribution in [1.82, 2.24) is 0 Å². The summed E-state index contributed by atoms with van der Waals surface area (Å²) in [4.78, 5) is 22.4. The standard InChI is InChI=1S/C23H28Cl4O6/c1-15(28)30-11-13-32-22(17(24)7-5-8-18(22)25)21(3,4)23(33-14-12-31-16(2)29)19(26)9-6-10-20(23)27/h5-10,17,19H,11-14H2,1-4H3. The Morgan fingerprint density at radius 3 is 1.48 bits per heavy atom. The van der Waals surface area contributed by atoms with E-state index in [9.17, 15) is 9.59 Å². The number of hydrogen-bond donors (Lipinski definition) is 0. The molecule has 0 saturated heterocycles. The zero-order chi connectivity index (χ0) is 24.9. The summed E-state index contributed by atoms with van der Waals surface area (Å²) in [5.74, 6) is -0.872. The van der Waals surface area contributed by atoms with Gasteiger partial charge in [-0.25, -0.2) is 0 Å². The molecule has 0 aromatic carbocycles. The topological polar surface area (TPSA) is 71.1 Å². The number of carbonyl (C=O) groups excluding carboxylic acids is 2. The number of allylic oxidation sites excluding steroid dienone is 4. The van der Waals surface area contributed by atoms with Crippen LogP contribution in [0.15, 0.2) is 46.5 Å². The first-order chi connectivity index (χ1) is 15.4. The minimum Gasteiger partial charge on any atom is -0.463 e. The molecule has 184 valence electrons. The van der Waals surface area contributed by atoms with Crippen molar-refractivity contribution in [1.29, 1.82) is 0 Å². The number of hydrogen-bond acceptors (Lipinski definition) is 6. The van der Waals surface area contributed by atoms with E-state index in [1.54, 1.807) is 36.5 Å². The Kier molecular flexibility index (Phi) is 9.93. The van der Waals surface area contributed by atoms with Crippen LogP contribution in [0.1, 0.15) is 27.7 Å². The summed E-state index contributed by atoms with van der Waals surface area (Å²) in [5, 5.41) is -0.863. The van der Waals surface area contributed by atoms with Crippen molar-refractivity contribution in [2.75, 3.05) is 26.4 Å². The third kappa shape index (κ3) is 5.47. The SMILES string of the molecule is CC(=O)OCCOC1(C(C)(C)C2(OCCOC(C)=O)C(Cl)=CC=CC2Cl)C(Cl)=CC=CC1Cl. The second kappa shape index (κ2) is 11.6. The highest BCUT2D eigenvalue weighted by Crippen LogP contribution is 2.59. The first-order valence-corrected chi connectivity index (χ1v) is 12.0. The van der Waals surface area contributed by atoms with Crippen molar-refractivity contribution in [2.45, 2.75) is 49.7 Å². The van der Waals surface area contributed by atoms with Crippen LogP contribution in [0.25, 0.3) is 0 Å². The summed E-state index contributed by atoms with van der Waals surface area (Å²) >= 11 is 27.3. The van der Waals surface area contributed by atoms with Crippen molar-refractivity contribution in [2.24, 2.45) is 5.41 Å². The minimum absolute atomic E-state index is 0.00125. The van der Waals surface area contributed by atoms with Crippen molar-refractivity contribution in [3.63, 3.8) is 0 Å². The Bertz CT molecular complexity index is 797. The molecule has 0 amide bonds. The molecule has 0 aliphatic heterocycles. The van der Waals surface area contributed by atoms with Gasteiger partial charge in [-0.15, -0.1) is 23.2 Å². The molecular formula is C23H28Cl4O6. The second-order valence-electron chi connectivity index (χ2n) is 8.08. The van der Waals surface area contributed by atoms with E-state index in [4.69, 9.17) is 65.4 Å². The van der Waals surface area contributed by atoms with E-state index in [2.05, 4.69) is 0 Å². The molecule has 10 heteroatoms. The average molecular weight is 542 g/mol. The molecule has 0 aromatic heterocycles. The maximum atomic E-state index is 11.2. The Balaban J connectivity index is 2.55. The summed E-state index contributed by atoms with van der Waals surface area (Å²) in [7, 11) is 0. The number of ether oxygens (including phenoxy) is 4. The Labute approximate surface area is 214 Å². The Morgan fingerprint density at radius 1 is 0.818 bits per heavy atom. The number of rotatable bonds is 10. The summed E-state index contributed by atoms with van der Waals surface area (Å²) < 4.78 is 22.7. The third-order valence-corrected chi connectivity index (χ3v) is 7.54. The highest BCUT2D eigenvalue weighted by atomic mass is 35.5. The van der Waals surface area contributed by atoms with Gasteiger partial charge in [-0.3, -0.25) is 9.59 Å². The molecule has 0 heterocycles. The van der Waals surface area contributed by atoms with Gasteiger partial charge < -0.3 is 18.9 Å². The van der Waals surface area contributed by atoms with E-state index in [0.717, 1.165) is 0 Å². The fourth-order valence-electron chi connectivity index (χ4n) is 4.25. The fourth-order valence-corrected chi connectivity index (χ4v) is 6.40. The molecular weight excluding hydrogens is 514 g/mol. The second-order valence-corrected chi connectivity index (χ2v) is 9.83. The first-order valence-electron chi connectivity index (χ1n) is 10.3.